The van der Waals surface area contributed by atoms with Gasteiger partial charge in [0.2, 0.25) is 11.9 Å². The summed E-state index contributed by atoms with van der Waals surface area (Å²) >= 11 is 6.93. The molecule has 1 aliphatic heterocycles. The lowest BCUT2D eigenvalue weighted by atomic mass is 9.84. The van der Waals surface area contributed by atoms with Gasteiger partial charge in [-0.15, -0.1) is 5.54 Å². The summed E-state index contributed by atoms with van der Waals surface area (Å²) in [6, 6.07) is 14.3. The second-order valence-corrected chi connectivity index (χ2v) is 19.6. The van der Waals surface area contributed by atoms with Crippen LogP contribution in [-0.4, -0.2) is 68.1 Å². The molecule has 1 saturated heterocycles. The molecule has 50 heavy (non-hydrogen) atoms. The highest BCUT2D eigenvalue weighted by molar-refractivity contribution is 6.90. The van der Waals surface area contributed by atoms with Crippen molar-refractivity contribution < 1.29 is 48.0 Å². The molecule has 0 amide bonds. The van der Waals surface area contributed by atoms with Crippen molar-refractivity contribution in [2.45, 2.75) is 122 Å². The van der Waals surface area contributed by atoms with Crippen LogP contribution in [0.2, 0.25) is 21.6 Å². The molecule has 1 heterocycles. The summed E-state index contributed by atoms with van der Waals surface area (Å²) in [6.07, 6.45) is -6.10. The predicted octanol–water partition coefficient (Wildman–Crippen LogP) is 6.60. The lowest BCUT2D eigenvalue weighted by molar-refractivity contribution is -0.360. The maximum atomic E-state index is 12.5. The molecule has 6 atom stereocenters. The van der Waals surface area contributed by atoms with E-state index < -0.39 is 74.7 Å². The van der Waals surface area contributed by atoms with Crippen molar-refractivity contribution in [3.63, 3.8) is 0 Å². The number of carbonyl (C=O) groups is 4. The van der Waals surface area contributed by atoms with Crippen molar-refractivity contribution in [2.75, 3.05) is 6.61 Å². The maximum Gasteiger partial charge on any atom is 0.303 e. The molecule has 1 fully saturated rings. The summed E-state index contributed by atoms with van der Waals surface area (Å²) in [5.74, 6) is -2.57. The van der Waals surface area contributed by atoms with Crippen molar-refractivity contribution in [1.29, 1.82) is 0 Å². The van der Waals surface area contributed by atoms with E-state index in [1.54, 1.807) is 12.1 Å². The molecule has 272 valence electrons. The average Bonchev–Trinajstić information content (AvgIpc) is 3.01. The molecule has 1 unspecified atom stereocenters. The number of rotatable bonds is 11. The van der Waals surface area contributed by atoms with Gasteiger partial charge < -0.3 is 28.8 Å². The first kappa shape index (κ1) is 40.7. The lowest BCUT2D eigenvalue weighted by Gasteiger charge is -2.48. The van der Waals surface area contributed by atoms with E-state index >= 15 is 0 Å². The molecule has 0 radical (unpaired) electrons. The Morgan fingerprint density at radius 2 is 1.36 bits per heavy atom. The van der Waals surface area contributed by atoms with Gasteiger partial charge in [-0.25, -0.2) is 0 Å². The Morgan fingerprint density at radius 3 is 1.86 bits per heavy atom. The van der Waals surface area contributed by atoms with Gasteiger partial charge in [-0.1, -0.05) is 95.5 Å². The topological polar surface area (TPSA) is 135 Å². The third kappa shape index (κ3) is 9.15. The van der Waals surface area contributed by atoms with E-state index in [0.717, 1.165) is 26.3 Å². The van der Waals surface area contributed by atoms with Gasteiger partial charge in [0.1, 0.15) is 20.8 Å². The number of ether oxygens (including phenoxy) is 5. The fourth-order valence-electron chi connectivity index (χ4n) is 7.12. The summed E-state index contributed by atoms with van der Waals surface area (Å²) in [4.78, 5) is 49.0. The summed E-state index contributed by atoms with van der Waals surface area (Å²) in [5, 5.41) is 12.9. The Bertz CT molecular complexity index is 1580. The van der Waals surface area contributed by atoms with Crippen LogP contribution in [0.25, 0.3) is 0 Å². The third-order valence-electron chi connectivity index (χ3n) is 9.21. The van der Waals surface area contributed by atoms with Gasteiger partial charge in [0, 0.05) is 38.3 Å². The van der Waals surface area contributed by atoms with E-state index in [1.165, 1.54) is 13.0 Å². The quantitative estimate of drug-likeness (QED) is 0.117. The van der Waals surface area contributed by atoms with E-state index in [1.807, 2.05) is 30.3 Å². The molecular formula is C38H49ClO10Si. The number of carbonyl (C=O) groups excluding carboxylic acids is 4. The molecule has 2 aromatic rings. The Hall–Kier alpha value is -3.69. The highest BCUT2D eigenvalue weighted by Crippen LogP contribution is 2.44. The van der Waals surface area contributed by atoms with Crippen molar-refractivity contribution in [3.8, 4) is 11.5 Å². The molecule has 10 nitrogen and oxygen atoms in total. The number of esters is 4. The fourth-order valence-corrected chi connectivity index (χ4v) is 12.6. The number of hydrogen-bond donors (Lipinski definition) is 1. The minimum atomic E-state index is -2.52. The zero-order chi connectivity index (χ0) is 37.6. The van der Waals surface area contributed by atoms with Crippen LogP contribution in [-0.2, 0) is 48.6 Å². The summed E-state index contributed by atoms with van der Waals surface area (Å²) in [6.45, 7) is 17.4. The molecule has 3 rings (SSSR count). The van der Waals surface area contributed by atoms with Gasteiger partial charge in [0.25, 0.3) is 0 Å². The van der Waals surface area contributed by atoms with E-state index in [0.29, 0.717) is 27.2 Å². The Balaban J connectivity index is 2.34. The minimum Gasteiger partial charge on any atom is -0.463 e. The molecule has 0 bridgehead atoms. The first-order valence-electron chi connectivity index (χ1n) is 16.8. The van der Waals surface area contributed by atoms with Gasteiger partial charge in [0.15, 0.2) is 12.2 Å². The van der Waals surface area contributed by atoms with Gasteiger partial charge in [-0.05, 0) is 39.9 Å². The van der Waals surface area contributed by atoms with Crippen LogP contribution in [0.5, 0.6) is 0 Å². The first-order chi connectivity index (χ1) is 23.3. The molecule has 0 aromatic heterocycles. The van der Waals surface area contributed by atoms with Crippen LogP contribution >= 0.6 is 11.6 Å². The van der Waals surface area contributed by atoms with Crippen molar-refractivity contribution in [2.24, 2.45) is 0 Å². The van der Waals surface area contributed by atoms with E-state index in [-0.39, 0.29) is 5.56 Å². The largest absolute Gasteiger partial charge is 0.463 e. The van der Waals surface area contributed by atoms with Crippen molar-refractivity contribution in [3.05, 3.63) is 70.2 Å². The smallest absolute Gasteiger partial charge is 0.303 e. The number of aliphatic hydroxyl groups is 1. The number of benzene rings is 2. The highest BCUT2D eigenvalue weighted by atomic mass is 35.5. The van der Waals surface area contributed by atoms with Gasteiger partial charge in [0.05, 0.1) is 5.92 Å². The van der Waals surface area contributed by atoms with Crippen molar-refractivity contribution in [1.82, 2.24) is 0 Å². The van der Waals surface area contributed by atoms with Crippen LogP contribution in [0.15, 0.2) is 48.5 Å². The molecule has 2 aromatic carbocycles. The third-order valence-corrected chi connectivity index (χ3v) is 15.9. The zero-order valence-electron chi connectivity index (χ0n) is 30.4. The predicted molar refractivity (Wildman–Crippen MR) is 191 cm³/mol. The second-order valence-electron chi connectivity index (χ2n) is 13.6. The summed E-state index contributed by atoms with van der Waals surface area (Å²) in [7, 11) is -2.20. The summed E-state index contributed by atoms with van der Waals surface area (Å²) in [5.41, 5.74) is 6.39. The Kier molecular flexibility index (Phi) is 13.9. The molecular weight excluding hydrogens is 680 g/mol. The molecule has 0 saturated carbocycles. The van der Waals surface area contributed by atoms with Crippen LogP contribution in [0.1, 0.15) is 91.8 Å². The SMILES string of the molecule is CC(=O)OC[C@H]1O[C@@](O)(c2ccc(Cl)c(C(C#C[Si](C(C)C)(C(C)C)C(C)C)c3ccccc3)c2)[C@H](OC(C)=O)[C@@H](OC(C)=O)[C@@H]1OC(C)=O. The first-order valence-corrected chi connectivity index (χ1v) is 19.4. The normalized spacial score (nSPS) is 22.7. The van der Waals surface area contributed by atoms with Gasteiger partial charge in [-0.3, -0.25) is 19.2 Å². The van der Waals surface area contributed by atoms with Gasteiger partial charge >= 0.3 is 23.9 Å². The number of halogens is 1. The monoisotopic (exact) mass is 728 g/mol. The fraction of sp³-hybridized carbons (Fsp3) is 0.526. The standard InChI is InChI=1S/C38H49ClO10Si/c1-22(2)50(23(3)4,24(5)6)19-18-31(29-14-12-11-13-15-29)32-20-30(16-17-33(32)39)38(44)37(48-28(10)43)36(47-27(9)42)35(46-26(8)41)34(49-38)21-45-25(7)40/h11-17,20,22-24,31,34-37,44H,21H2,1-10H3/t31?,34-,35-,36+,37-,38+/m1/s1. The Morgan fingerprint density at radius 1 is 0.820 bits per heavy atom. The second kappa shape index (κ2) is 17.0. The van der Waals surface area contributed by atoms with E-state index in [2.05, 4.69) is 53.0 Å². The summed E-state index contributed by atoms with van der Waals surface area (Å²) < 4.78 is 28.1. The van der Waals surface area contributed by atoms with E-state index in [4.69, 9.17) is 35.3 Å². The number of hydrogen-bond acceptors (Lipinski definition) is 10. The molecule has 12 heteroatoms. The molecule has 1 N–H and O–H groups in total. The maximum absolute atomic E-state index is 12.5. The highest BCUT2D eigenvalue weighted by Gasteiger charge is 2.60. The zero-order valence-corrected chi connectivity index (χ0v) is 32.2. The van der Waals surface area contributed by atoms with E-state index in [9.17, 15) is 24.3 Å². The van der Waals surface area contributed by atoms with Gasteiger partial charge in [-0.2, -0.15) is 0 Å². The van der Waals surface area contributed by atoms with Crippen molar-refractivity contribution >= 4 is 43.6 Å². The van der Waals surface area contributed by atoms with Crippen LogP contribution in [0.4, 0.5) is 0 Å². The average molecular weight is 729 g/mol. The minimum absolute atomic E-state index is 0.0808. The lowest BCUT2D eigenvalue weighted by Crippen LogP contribution is -2.66. The van der Waals surface area contributed by atoms with Crippen LogP contribution < -0.4 is 0 Å². The molecule has 0 spiro atoms. The molecule has 1 aliphatic rings. The molecule has 0 aliphatic carbocycles. The van der Waals surface area contributed by atoms with Crippen LogP contribution in [0, 0.1) is 11.5 Å². The van der Waals surface area contributed by atoms with Crippen LogP contribution in [0.3, 0.4) is 0 Å². The Labute approximate surface area is 301 Å².